The van der Waals surface area contributed by atoms with Gasteiger partial charge < -0.3 is 10.4 Å². The lowest BCUT2D eigenvalue weighted by molar-refractivity contribution is -0.139. The summed E-state index contributed by atoms with van der Waals surface area (Å²) < 4.78 is 26.5. The summed E-state index contributed by atoms with van der Waals surface area (Å²) in [7, 11) is 0. The normalized spacial score (nSPS) is 12.0. The maximum atomic E-state index is 13.5. The summed E-state index contributed by atoms with van der Waals surface area (Å²) in [5.74, 6) is -3.81. The van der Waals surface area contributed by atoms with Gasteiger partial charge in [0, 0.05) is 6.07 Å². The number of carbonyl (C=O) groups excluding carboxylic acids is 1. The molecule has 104 valence electrons. The standard InChI is InChI=1S/C13H15F2NO3/c1-3-4-11(13(18)19)16-12(17)8-5-7(2)9(14)6-10(8)15/h5-6,11H,3-4H2,1-2H3,(H,16,17)(H,18,19). The van der Waals surface area contributed by atoms with E-state index in [0.29, 0.717) is 12.5 Å². The molecule has 1 aromatic carbocycles. The van der Waals surface area contributed by atoms with Crippen LogP contribution >= 0.6 is 0 Å². The van der Waals surface area contributed by atoms with E-state index in [4.69, 9.17) is 5.11 Å². The summed E-state index contributed by atoms with van der Waals surface area (Å²) in [6.07, 6.45) is 0.797. The van der Waals surface area contributed by atoms with Gasteiger partial charge in [0.25, 0.3) is 5.91 Å². The summed E-state index contributed by atoms with van der Waals surface area (Å²) >= 11 is 0. The van der Waals surface area contributed by atoms with Crippen molar-refractivity contribution < 1.29 is 23.5 Å². The van der Waals surface area contributed by atoms with E-state index in [1.807, 2.05) is 0 Å². The van der Waals surface area contributed by atoms with Crippen LogP contribution in [0.4, 0.5) is 8.78 Å². The summed E-state index contributed by atoms with van der Waals surface area (Å²) in [6.45, 7) is 3.16. The van der Waals surface area contributed by atoms with Crippen molar-refractivity contribution in [3.8, 4) is 0 Å². The molecule has 2 N–H and O–H groups in total. The number of amides is 1. The smallest absolute Gasteiger partial charge is 0.326 e. The molecular weight excluding hydrogens is 256 g/mol. The van der Waals surface area contributed by atoms with E-state index in [0.717, 1.165) is 6.07 Å². The first kappa shape index (κ1) is 15.1. The Bertz CT molecular complexity index is 503. The molecule has 0 aliphatic carbocycles. The van der Waals surface area contributed by atoms with E-state index in [2.05, 4.69) is 5.32 Å². The van der Waals surface area contributed by atoms with Gasteiger partial charge in [-0.2, -0.15) is 0 Å². The van der Waals surface area contributed by atoms with Gasteiger partial charge >= 0.3 is 5.97 Å². The number of halogens is 2. The second-order valence-corrected chi connectivity index (χ2v) is 4.23. The molecule has 0 aromatic heterocycles. The van der Waals surface area contributed by atoms with Crippen LogP contribution in [-0.4, -0.2) is 23.0 Å². The van der Waals surface area contributed by atoms with E-state index in [1.54, 1.807) is 6.92 Å². The molecule has 0 bridgehead atoms. The Hall–Kier alpha value is -1.98. The number of benzene rings is 1. The second kappa shape index (κ2) is 6.26. The summed E-state index contributed by atoms with van der Waals surface area (Å²) in [5, 5.41) is 11.1. The van der Waals surface area contributed by atoms with E-state index in [1.165, 1.54) is 6.92 Å². The topological polar surface area (TPSA) is 66.4 Å². The predicted molar refractivity (Wildman–Crippen MR) is 64.9 cm³/mol. The lowest BCUT2D eigenvalue weighted by Crippen LogP contribution is -2.41. The molecule has 0 spiro atoms. The Morgan fingerprint density at radius 1 is 1.32 bits per heavy atom. The maximum absolute atomic E-state index is 13.5. The lowest BCUT2D eigenvalue weighted by atomic mass is 10.1. The van der Waals surface area contributed by atoms with Crippen molar-refractivity contribution in [3.05, 3.63) is 34.9 Å². The molecule has 0 heterocycles. The number of aliphatic carboxylic acids is 1. The number of carboxylic acids is 1. The number of hydrogen-bond donors (Lipinski definition) is 2. The molecule has 0 saturated heterocycles. The molecule has 19 heavy (non-hydrogen) atoms. The van der Waals surface area contributed by atoms with Gasteiger partial charge in [0.2, 0.25) is 0 Å². The van der Waals surface area contributed by atoms with E-state index >= 15 is 0 Å². The fourth-order valence-electron chi connectivity index (χ4n) is 1.61. The van der Waals surface area contributed by atoms with Crippen molar-refractivity contribution >= 4 is 11.9 Å². The van der Waals surface area contributed by atoms with Crippen LogP contribution in [0.3, 0.4) is 0 Å². The van der Waals surface area contributed by atoms with Gasteiger partial charge in [-0.05, 0) is 25.0 Å². The minimum absolute atomic E-state index is 0.119. The zero-order chi connectivity index (χ0) is 14.6. The Morgan fingerprint density at radius 2 is 1.95 bits per heavy atom. The van der Waals surface area contributed by atoms with E-state index in [9.17, 15) is 18.4 Å². The Balaban J connectivity index is 2.94. The van der Waals surface area contributed by atoms with Gasteiger partial charge in [-0.15, -0.1) is 0 Å². The number of rotatable bonds is 5. The zero-order valence-electron chi connectivity index (χ0n) is 10.7. The van der Waals surface area contributed by atoms with Crippen LogP contribution in [0.15, 0.2) is 12.1 Å². The highest BCUT2D eigenvalue weighted by Gasteiger charge is 2.22. The quantitative estimate of drug-likeness (QED) is 0.863. The molecule has 0 saturated carbocycles. The number of carbonyl (C=O) groups is 2. The van der Waals surface area contributed by atoms with Crippen LogP contribution in [0.5, 0.6) is 0 Å². The van der Waals surface area contributed by atoms with Crippen molar-refractivity contribution in [2.45, 2.75) is 32.7 Å². The molecule has 0 aliphatic heterocycles. The Labute approximate surface area is 109 Å². The highest BCUT2D eigenvalue weighted by atomic mass is 19.1. The number of hydrogen-bond acceptors (Lipinski definition) is 2. The third kappa shape index (κ3) is 3.74. The molecule has 4 nitrogen and oxygen atoms in total. The zero-order valence-corrected chi connectivity index (χ0v) is 10.7. The fourth-order valence-corrected chi connectivity index (χ4v) is 1.61. The molecule has 1 amide bonds. The molecule has 0 fully saturated rings. The molecule has 6 heteroatoms. The van der Waals surface area contributed by atoms with Gasteiger partial charge in [0.1, 0.15) is 17.7 Å². The minimum atomic E-state index is -1.19. The van der Waals surface area contributed by atoms with Gasteiger partial charge in [-0.1, -0.05) is 13.3 Å². The van der Waals surface area contributed by atoms with Crippen molar-refractivity contribution in [1.29, 1.82) is 0 Å². The molecule has 1 atom stereocenters. The first-order chi connectivity index (χ1) is 8.86. The molecule has 0 aliphatic rings. The van der Waals surface area contributed by atoms with Crippen LogP contribution in [0, 0.1) is 18.6 Å². The molecular formula is C13H15F2NO3. The first-order valence-electron chi connectivity index (χ1n) is 5.86. The monoisotopic (exact) mass is 271 g/mol. The van der Waals surface area contributed by atoms with Crippen LogP contribution in [0.25, 0.3) is 0 Å². The molecule has 1 unspecified atom stereocenters. The second-order valence-electron chi connectivity index (χ2n) is 4.23. The average Bonchev–Trinajstić information content (AvgIpc) is 2.32. The Morgan fingerprint density at radius 3 is 2.47 bits per heavy atom. The van der Waals surface area contributed by atoms with Crippen LogP contribution in [0.2, 0.25) is 0 Å². The van der Waals surface area contributed by atoms with Gasteiger partial charge in [-0.25, -0.2) is 13.6 Å². The van der Waals surface area contributed by atoms with Crippen LogP contribution < -0.4 is 5.32 Å². The largest absolute Gasteiger partial charge is 0.480 e. The van der Waals surface area contributed by atoms with Crippen molar-refractivity contribution in [1.82, 2.24) is 5.32 Å². The number of carboxylic acid groups (broad SMARTS) is 1. The Kier molecular flexibility index (Phi) is 4.97. The highest BCUT2D eigenvalue weighted by molar-refractivity contribution is 5.97. The minimum Gasteiger partial charge on any atom is -0.480 e. The maximum Gasteiger partial charge on any atom is 0.326 e. The molecule has 1 rings (SSSR count). The van der Waals surface area contributed by atoms with Crippen molar-refractivity contribution in [2.24, 2.45) is 0 Å². The van der Waals surface area contributed by atoms with E-state index in [-0.39, 0.29) is 17.5 Å². The highest BCUT2D eigenvalue weighted by Crippen LogP contribution is 2.14. The van der Waals surface area contributed by atoms with Crippen molar-refractivity contribution in [3.63, 3.8) is 0 Å². The third-order valence-corrected chi connectivity index (χ3v) is 2.67. The molecule has 1 aromatic rings. The van der Waals surface area contributed by atoms with E-state index < -0.39 is 29.6 Å². The van der Waals surface area contributed by atoms with Gasteiger partial charge in [0.15, 0.2) is 0 Å². The predicted octanol–water partition coefficient (Wildman–Crippen LogP) is 2.26. The summed E-state index contributed by atoms with van der Waals surface area (Å²) in [5.41, 5.74) is -0.241. The SMILES string of the molecule is CCCC(NC(=O)c1cc(C)c(F)cc1F)C(=O)O. The third-order valence-electron chi connectivity index (χ3n) is 2.67. The van der Waals surface area contributed by atoms with Gasteiger partial charge in [-0.3, -0.25) is 4.79 Å². The summed E-state index contributed by atoms with van der Waals surface area (Å²) in [6, 6.07) is 0.590. The summed E-state index contributed by atoms with van der Waals surface area (Å²) in [4.78, 5) is 22.7. The average molecular weight is 271 g/mol. The lowest BCUT2D eigenvalue weighted by Gasteiger charge is -2.14. The fraction of sp³-hybridized carbons (Fsp3) is 0.385. The number of nitrogens with one attached hydrogen (secondary N) is 1. The van der Waals surface area contributed by atoms with Gasteiger partial charge in [0.05, 0.1) is 5.56 Å². The van der Waals surface area contributed by atoms with Crippen molar-refractivity contribution in [2.75, 3.05) is 0 Å². The number of aryl methyl sites for hydroxylation is 1. The molecule has 0 radical (unpaired) electrons. The van der Waals surface area contributed by atoms with Crippen LogP contribution in [-0.2, 0) is 4.79 Å². The first-order valence-corrected chi connectivity index (χ1v) is 5.86. The van der Waals surface area contributed by atoms with Crippen LogP contribution in [0.1, 0.15) is 35.7 Å².